The number of fused-ring (bicyclic) bond motifs is 1. The molecule has 0 saturated carbocycles. The van der Waals surface area contributed by atoms with Crippen LogP contribution in [0.15, 0.2) is 28.0 Å². The van der Waals surface area contributed by atoms with Crippen molar-refractivity contribution in [3.8, 4) is 0 Å². The molecule has 0 fully saturated rings. The molecule has 2 aromatic rings. The van der Waals surface area contributed by atoms with Gasteiger partial charge in [-0.1, -0.05) is 29.3 Å². The second-order valence-corrected chi connectivity index (χ2v) is 6.84. The predicted molar refractivity (Wildman–Crippen MR) is 87.5 cm³/mol. The van der Waals surface area contributed by atoms with Crippen LogP contribution in [0.3, 0.4) is 0 Å². The molecule has 6 heteroatoms. The van der Waals surface area contributed by atoms with Crippen molar-refractivity contribution in [3.63, 3.8) is 0 Å². The number of nitrogens with zero attached hydrogens (tertiary/aromatic N) is 1. The Kier molecular flexibility index (Phi) is 4.57. The van der Waals surface area contributed by atoms with Crippen molar-refractivity contribution in [1.29, 1.82) is 0 Å². The van der Waals surface area contributed by atoms with Crippen LogP contribution in [0.2, 0.25) is 10.0 Å². The Balaban J connectivity index is 1.85. The quantitative estimate of drug-likeness (QED) is 0.671. The van der Waals surface area contributed by atoms with Crippen molar-refractivity contribution in [3.05, 3.63) is 55.5 Å². The van der Waals surface area contributed by atoms with Crippen LogP contribution < -0.4 is 5.69 Å². The number of halogens is 2. The first-order chi connectivity index (χ1) is 10.1. The van der Waals surface area contributed by atoms with Crippen LogP contribution in [0.4, 0.5) is 0 Å². The molecular weight excluding hydrogens is 327 g/mol. The molecule has 0 bridgehead atoms. The van der Waals surface area contributed by atoms with E-state index in [1.165, 1.54) is 5.56 Å². The Hall–Kier alpha value is -0.970. The monoisotopic (exact) mass is 340 g/mol. The summed E-state index contributed by atoms with van der Waals surface area (Å²) in [5.41, 5.74) is 2.97. The van der Waals surface area contributed by atoms with E-state index < -0.39 is 0 Å². The third-order valence-electron chi connectivity index (χ3n) is 3.57. The number of thioether (sulfide) groups is 1. The van der Waals surface area contributed by atoms with Gasteiger partial charge < -0.3 is 4.98 Å². The second-order valence-electron chi connectivity index (χ2n) is 5.04. The van der Waals surface area contributed by atoms with Gasteiger partial charge in [-0.15, -0.1) is 11.8 Å². The normalized spacial score (nSPS) is 14.0. The fourth-order valence-electron chi connectivity index (χ4n) is 2.50. The maximum atomic E-state index is 11.7. The molecule has 0 saturated heterocycles. The lowest BCUT2D eigenvalue weighted by molar-refractivity contribution is 0.639. The summed E-state index contributed by atoms with van der Waals surface area (Å²) in [7, 11) is 0. The molecule has 1 aromatic carbocycles. The zero-order valence-electron chi connectivity index (χ0n) is 11.3. The molecule has 1 N–H and O–H groups in total. The molecule has 0 unspecified atom stereocenters. The molecule has 1 heterocycles. The lowest BCUT2D eigenvalue weighted by Crippen LogP contribution is -2.19. The molecule has 21 heavy (non-hydrogen) atoms. The van der Waals surface area contributed by atoms with E-state index in [4.69, 9.17) is 23.2 Å². The molecule has 1 aliphatic rings. The highest BCUT2D eigenvalue weighted by atomic mass is 35.5. The van der Waals surface area contributed by atoms with Gasteiger partial charge in [0.1, 0.15) is 5.03 Å². The molecule has 0 aliphatic heterocycles. The van der Waals surface area contributed by atoms with Crippen LogP contribution in [0.5, 0.6) is 0 Å². The predicted octanol–water partition coefficient (Wildman–Crippen LogP) is 4.25. The van der Waals surface area contributed by atoms with Crippen molar-refractivity contribution in [2.24, 2.45) is 0 Å². The number of nitrogens with one attached hydrogen (secondary N) is 1. The number of hydrogen-bond acceptors (Lipinski definition) is 3. The average molecular weight is 341 g/mol. The lowest BCUT2D eigenvalue weighted by Gasteiger charge is -2.17. The zero-order chi connectivity index (χ0) is 14.8. The molecule has 0 atom stereocenters. The first-order valence-corrected chi connectivity index (χ1v) is 8.56. The van der Waals surface area contributed by atoms with Crippen LogP contribution in [0.1, 0.15) is 29.7 Å². The minimum absolute atomic E-state index is 0.264. The van der Waals surface area contributed by atoms with E-state index in [2.05, 4.69) is 9.97 Å². The second kappa shape index (κ2) is 6.42. The summed E-state index contributed by atoms with van der Waals surface area (Å²) in [6, 6.07) is 5.47. The van der Waals surface area contributed by atoms with Gasteiger partial charge in [-0.2, -0.15) is 4.98 Å². The van der Waals surface area contributed by atoms with Gasteiger partial charge in [-0.25, -0.2) is 4.79 Å². The lowest BCUT2D eigenvalue weighted by atomic mass is 9.98. The summed E-state index contributed by atoms with van der Waals surface area (Å²) in [6.07, 6.45) is 4.19. The number of aryl methyl sites for hydroxylation is 1. The Labute approximate surface area is 137 Å². The van der Waals surface area contributed by atoms with Gasteiger partial charge in [0.15, 0.2) is 0 Å². The topological polar surface area (TPSA) is 45.8 Å². The van der Waals surface area contributed by atoms with E-state index in [1.807, 2.05) is 12.1 Å². The number of hydrogen-bond donors (Lipinski definition) is 1. The first kappa shape index (κ1) is 14.9. The molecule has 0 amide bonds. The van der Waals surface area contributed by atoms with E-state index in [0.29, 0.717) is 15.8 Å². The van der Waals surface area contributed by atoms with E-state index >= 15 is 0 Å². The number of aromatic amines is 1. The summed E-state index contributed by atoms with van der Waals surface area (Å²) in [5.74, 6) is 0.679. The number of rotatable bonds is 3. The van der Waals surface area contributed by atoms with Crippen LogP contribution in [-0.2, 0) is 18.6 Å². The Morgan fingerprint density at radius 2 is 2.05 bits per heavy atom. The minimum atomic E-state index is -0.264. The molecule has 110 valence electrons. The number of aromatic nitrogens is 2. The summed E-state index contributed by atoms with van der Waals surface area (Å²) in [6.45, 7) is 0. The first-order valence-electron chi connectivity index (χ1n) is 6.82. The maximum Gasteiger partial charge on any atom is 0.346 e. The minimum Gasteiger partial charge on any atom is -0.309 e. The van der Waals surface area contributed by atoms with E-state index in [-0.39, 0.29) is 5.69 Å². The van der Waals surface area contributed by atoms with Gasteiger partial charge in [0, 0.05) is 27.1 Å². The number of H-pyrrole nitrogens is 1. The highest BCUT2D eigenvalue weighted by Gasteiger charge is 2.16. The Morgan fingerprint density at radius 3 is 2.86 bits per heavy atom. The molecule has 3 rings (SSSR count). The summed E-state index contributed by atoms with van der Waals surface area (Å²) >= 11 is 13.6. The molecular formula is C15H14Cl2N2OS. The average Bonchev–Trinajstić information content (AvgIpc) is 2.46. The highest BCUT2D eigenvalue weighted by molar-refractivity contribution is 7.98. The van der Waals surface area contributed by atoms with Crippen LogP contribution in [0.25, 0.3) is 0 Å². The summed E-state index contributed by atoms with van der Waals surface area (Å²) in [5, 5.41) is 2.11. The zero-order valence-corrected chi connectivity index (χ0v) is 13.6. The van der Waals surface area contributed by atoms with Gasteiger partial charge in [-0.3, -0.25) is 0 Å². The summed E-state index contributed by atoms with van der Waals surface area (Å²) in [4.78, 5) is 18.7. The van der Waals surface area contributed by atoms with Crippen molar-refractivity contribution in [2.45, 2.75) is 36.5 Å². The smallest absolute Gasteiger partial charge is 0.309 e. The van der Waals surface area contributed by atoms with Crippen molar-refractivity contribution < 1.29 is 0 Å². The molecule has 1 aliphatic carbocycles. The Bertz CT molecular complexity index is 730. The molecule has 0 radical (unpaired) electrons. The third-order valence-corrected chi connectivity index (χ3v) is 5.22. The van der Waals surface area contributed by atoms with Gasteiger partial charge in [0.25, 0.3) is 0 Å². The fraction of sp³-hybridized carbons (Fsp3) is 0.333. The van der Waals surface area contributed by atoms with Crippen molar-refractivity contribution in [1.82, 2.24) is 9.97 Å². The van der Waals surface area contributed by atoms with Crippen LogP contribution >= 0.6 is 35.0 Å². The Morgan fingerprint density at radius 1 is 1.24 bits per heavy atom. The van der Waals surface area contributed by atoms with Gasteiger partial charge in [0.05, 0.1) is 0 Å². The van der Waals surface area contributed by atoms with Crippen molar-refractivity contribution >= 4 is 35.0 Å². The largest absolute Gasteiger partial charge is 0.346 e. The maximum absolute atomic E-state index is 11.7. The van der Waals surface area contributed by atoms with E-state index in [9.17, 15) is 4.79 Å². The van der Waals surface area contributed by atoms with E-state index in [0.717, 1.165) is 42.0 Å². The standard InChI is InChI=1S/C15H14Cl2N2OS/c16-10-6-5-9(12(17)7-10)8-21-14-11-3-1-2-4-13(11)18-15(20)19-14/h5-7H,1-4,8H2,(H,18,19,20). The fourth-order valence-corrected chi connectivity index (χ4v) is 4.15. The summed E-state index contributed by atoms with van der Waals surface area (Å²) < 4.78 is 0. The van der Waals surface area contributed by atoms with E-state index in [1.54, 1.807) is 17.8 Å². The molecule has 3 nitrogen and oxygen atoms in total. The third kappa shape index (κ3) is 3.44. The number of benzene rings is 1. The van der Waals surface area contributed by atoms with Gasteiger partial charge >= 0.3 is 5.69 Å². The van der Waals surface area contributed by atoms with Crippen LogP contribution in [-0.4, -0.2) is 9.97 Å². The molecule has 1 aromatic heterocycles. The van der Waals surface area contributed by atoms with Crippen molar-refractivity contribution in [2.75, 3.05) is 0 Å². The molecule has 0 spiro atoms. The van der Waals surface area contributed by atoms with Crippen LogP contribution in [0, 0.1) is 0 Å². The van der Waals surface area contributed by atoms with Gasteiger partial charge in [0.2, 0.25) is 0 Å². The SMILES string of the molecule is O=c1nc(SCc2ccc(Cl)cc2Cl)c2c([nH]1)CCCC2. The highest BCUT2D eigenvalue weighted by Crippen LogP contribution is 2.31. The van der Waals surface area contributed by atoms with Gasteiger partial charge in [-0.05, 0) is 43.4 Å².